The molecule has 1 atom stereocenters. The molecular weight excluding hydrogens is 292 g/mol. The van der Waals surface area contributed by atoms with Gasteiger partial charge >= 0.3 is 5.97 Å². The zero-order valence-corrected chi connectivity index (χ0v) is 12.9. The number of aryl methyl sites for hydroxylation is 1. The lowest BCUT2D eigenvalue weighted by molar-refractivity contribution is -0.123. The highest BCUT2D eigenvalue weighted by atomic mass is 16.5. The molecule has 0 saturated carbocycles. The van der Waals surface area contributed by atoms with Gasteiger partial charge in [0.15, 0.2) is 6.10 Å². The van der Waals surface area contributed by atoms with Gasteiger partial charge in [0.1, 0.15) is 6.07 Å². The van der Waals surface area contributed by atoms with E-state index in [1.807, 2.05) is 19.1 Å². The summed E-state index contributed by atoms with van der Waals surface area (Å²) in [7, 11) is 0. The van der Waals surface area contributed by atoms with E-state index >= 15 is 0 Å². The molecule has 0 aliphatic carbocycles. The first-order valence-corrected chi connectivity index (χ1v) is 7.09. The number of anilines is 1. The van der Waals surface area contributed by atoms with Crippen LogP contribution in [0.15, 0.2) is 48.5 Å². The maximum absolute atomic E-state index is 12.1. The first-order chi connectivity index (χ1) is 11.0. The summed E-state index contributed by atoms with van der Waals surface area (Å²) >= 11 is 0. The van der Waals surface area contributed by atoms with Gasteiger partial charge in [0, 0.05) is 0 Å². The molecule has 0 bridgehead atoms. The largest absolute Gasteiger partial charge is 0.449 e. The van der Waals surface area contributed by atoms with E-state index in [0.29, 0.717) is 16.8 Å². The number of hydrogen-bond acceptors (Lipinski definition) is 4. The van der Waals surface area contributed by atoms with Gasteiger partial charge in [-0.2, -0.15) is 5.26 Å². The number of ether oxygens (including phenoxy) is 1. The zero-order valence-electron chi connectivity index (χ0n) is 12.9. The number of rotatable bonds is 4. The Balaban J connectivity index is 2.03. The smallest absolute Gasteiger partial charge is 0.338 e. The average Bonchev–Trinajstić information content (AvgIpc) is 2.55. The van der Waals surface area contributed by atoms with Crippen molar-refractivity contribution in [3.05, 3.63) is 65.2 Å². The van der Waals surface area contributed by atoms with Gasteiger partial charge in [0.05, 0.1) is 16.8 Å². The van der Waals surface area contributed by atoms with Crippen LogP contribution in [0.3, 0.4) is 0 Å². The quantitative estimate of drug-likeness (QED) is 0.880. The van der Waals surface area contributed by atoms with Crippen molar-refractivity contribution in [2.45, 2.75) is 20.0 Å². The fourth-order valence-electron chi connectivity index (χ4n) is 1.98. The first-order valence-electron chi connectivity index (χ1n) is 7.09. The molecule has 116 valence electrons. The Labute approximate surface area is 134 Å². The number of nitrogens with zero attached hydrogens (tertiary/aromatic N) is 1. The third-order valence-corrected chi connectivity index (χ3v) is 3.21. The molecule has 2 rings (SSSR count). The molecule has 0 heterocycles. The molecular formula is C18H16N2O3. The standard InChI is InChI=1S/C18H16N2O3/c1-12-6-5-8-14(10-12)18(22)23-13(2)17(21)20-16-9-4-3-7-15(16)11-19/h3-10,13H,1-2H3,(H,20,21)/t13-/m1/s1. The van der Waals surface area contributed by atoms with E-state index in [2.05, 4.69) is 5.32 Å². The second-order valence-electron chi connectivity index (χ2n) is 5.06. The van der Waals surface area contributed by atoms with Gasteiger partial charge in [-0.05, 0) is 38.1 Å². The Hall–Kier alpha value is -3.13. The number of amides is 1. The van der Waals surface area contributed by atoms with Crippen molar-refractivity contribution in [2.24, 2.45) is 0 Å². The predicted octanol–water partition coefficient (Wildman–Crippen LogP) is 3.05. The summed E-state index contributed by atoms with van der Waals surface area (Å²) in [6.45, 7) is 3.35. The fourth-order valence-corrected chi connectivity index (χ4v) is 1.98. The SMILES string of the molecule is Cc1cccc(C(=O)O[C@H](C)C(=O)Nc2ccccc2C#N)c1. The van der Waals surface area contributed by atoms with Crippen molar-refractivity contribution < 1.29 is 14.3 Å². The van der Waals surface area contributed by atoms with Crippen molar-refractivity contribution in [3.63, 3.8) is 0 Å². The molecule has 0 aromatic heterocycles. The first kappa shape index (κ1) is 16.2. The Kier molecular flexibility index (Phi) is 5.11. The maximum atomic E-state index is 12.1. The molecule has 2 aromatic carbocycles. The molecule has 0 unspecified atom stereocenters. The highest BCUT2D eigenvalue weighted by molar-refractivity contribution is 5.98. The molecule has 1 N–H and O–H groups in total. The molecule has 1 amide bonds. The number of esters is 1. The number of hydrogen-bond donors (Lipinski definition) is 1. The van der Waals surface area contributed by atoms with E-state index in [1.165, 1.54) is 6.92 Å². The van der Waals surface area contributed by atoms with Crippen molar-refractivity contribution in [2.75, 3.05) is 5.32 Å². The van der Waals surface area contributed by atoms with Gasteiger partial charge < -0.3 is 10.1 Å². The summed E-state index contributed by atoms with van der Waals surface area (Å²) in [5.41, 5.74) is 2.05. The Bertz CT molecular complexity index is 778. The van der Waals surface area contributed by atoms with Crippen LogP contribution in [-0.4, -0.2) is 18.0 Å². The van der Waals surface area contributed by atoms with Crippen LogP contribution in [0.1, 0.15) is 28.4 Å². The molecule has 0 spiro atoms. The van der Waals surface area contributed by atoms with E-state index < -0.39 is 18.0 Å². The number of benzene rings is 2. The van der Waals surface area contributed by atoms with Crippen LogP contribution in [0.4, 0.5) is 5.69 Å². The molecule has 5 nitrogen and oxygen atoms in total. The molecule has 5 heteroatoms. The van der Waals surface area contributed by atoms with Crippen LogP contribution in [-0.2, 0) is 9.53 Å². The molecule has 2 aromatic rings. The number of nitrogens with one attached hydrogen (secondary N) is 1. The van der Waals surface area contributed by atoms with Crippen LogP contribution in [0.25, 0.3) is 0 Å². The van der Waals surface area contributed by atoms with Crippen LogP contribution in [0.2, 0.25) is 0 Å². The Morgan fingerprint density at radius 1 is 1.17 bits per heavy atom. The Morgan fingerprint density at radius 2 is 1.91 bits per heavy atom. The Morgan fingerprint density at radius 3 is 2.61 bits per heavy atom. The number of carbonyl (C=O) groups excluding carboxylic acids is 2. The van der Waals surface area contributed by atoms with Crippen LogP contribution >= 0.6 is 0 Å². The summed E-state index contributed by atoms with van der Waals surface area (Å²) in [5.74, 6) is -1.06. The van der Waals surface area contributed by atoms with E-state index in [1.54, 1.807) is 42.5 Å². The number of nitriles is 1. The number of para-hydroxylation sites is 1. The summed E-state index contributed by atoms with van der Waals surface area (Å²) in [5, 5.41) is 11.6. The fraction of sp³-hybridized carbons (Fsp3) is 0.167. The second-order valence-corrected chi connectivity index (χ2v) is 5.06. The van der Waals surface area contributed by atoms with Crippen molar-refractivity contribution in [3.8, 4) is 6.07 Å². The van der Waals surface area contributed by atoms with Gasteiger partial charge in [-0.3, -0.25) is 4.79 Å². The number of carbonyl (C=O) groups is 2. The third kappa shape index (κ3) is 4.17. The van der Waals surface area contributed by atoms with Gasteiger partial charge in [0.2, 0.25) is 0 Å². The normalized spacial score (nSPS) is 11.2. The molecule has 0 fully saturated rings. The van der Waals surface area contributed by atoms with Crippen molar-refractivity contribution in [1.82, 2.24) is 0 Å². The van der Waals surface area contributed by atoms with Gasteiger partial charge in [-0.1, -0.05) is 29.8 Å². The van der Waals surface area contributed by atoms with E-state index in [0.717, 1.165) is 5.56 Å². The average molecular weight is 308 g/mol. The van der Waals surface area contributed by atoms with Gasteiger partial charge in [0.25, 0.3) is 5.91 Å². The molecule has 0 saturated heterocycles. The molecule has 23 heavy (non-hydrogen) atoms. The zero-order chi connectivity index (χ0) is 16.8. The maximum Gasteiger partial charge on any atom is 0.338 e. The van der Waals surface area contributed by atoms with Crippen molar-refractivity contribution in [1.29, 1.82) is 5.26 Å². The van der Waals surface area contributed by atoms with Gasteiger partial charge in [-0.15, -0.1) is 0 Å². The van der Waals surface area contributed by atoms with Crippen LogP contribution in [0, 0.1) is 18.3 Å². The van der Waals surface area contributed by atoms with Crippen LogP contribution < -0.4 is 5.32 Å². The van der Waals surface area contributed by atoms with E-state index in [4.69, 9.17) is 10.00 Å². The second kappa shape index (κ2) is 7.23. The lowest BCUT2D eigenvalue weighted by Crippen LogP contribution is -2.30. The highest BCUT2D eigenvalue weighted by Gasteiger charge is 2.19. The molecule has 0 aliphatic rings. The molecule has 0 aliphatic heterocycles. The summed E-state index contributed by atoms with van der Waals surface area (Å²) in [6, 6.07) is 15.6. The third-order valence-electron chi connectivity index (χ3n) is 3.21. The predicted molar refractivity (Wildman–Crippen MR) is 85.8 cm³/mol. The summed E-state index contributed by atoms with van der Waals surface area (Å²) < 4.78 is 5.17. The minimum atomic E-state index is -0.977. The monoisotopic (exact) mass is 308 g/mol. The molecule has 0 radical (unpaired) electrons. The highest BCUT2D eigenvalue weighted by Crippen LogP contribution is 2.14. The summed E-state index contributed by atoms with van der Waals surface area (Å²) in [4.78, 5) is 24.1. The van der Waals surface area contributed by atoms with Crippen molar-refractivity contribution >= 4 is 17.6 Å². The lowest BCUT2D eigenvalue weighted by atomic mass is 10.1. The minimum absolute atomic E-state index is 0.345. The minimum Gasteiger partial charge on any atom is -0.449 e. The topological polar surface area (TPSA) is 79.2 Å². The van der Waals surface area contributed by atoms with E-state index in [-0.39, 0.29) is 0 Å². The summed E-state index contributed by atoms with van der Waals surface area (Å²) in [6.07, 6.45) is -0.977. The van der Waals surface area contributed by atoms with E-state index in [9.17, 15) is 9.59 Å². The van der Waals surface area contributed by atoms with Crippen LogP contribution in [0.5, 0.6) is 0 Å². The van der Waals surface area contributed by atoms with Gasteiger partial charge in [-0.25, -0.2) is 4.79 Å². The lowest BCUT2D eigenvalue weighted by Gasteiger charge is -2.14.